The molecule has 2 saturated heterocycles. The first-order valence-corrected chi connectivity index (χ1v) is 11.8. The molecule has 0 bridgehead atoms. The summed E-state index contributed by atoms with van der Waals surface area (Å²) >= 11 is 6.45. The minimum absolute atomic E-state index is 0.0373. The van der Waals surface area contributed by atoms with Crippen LogP contribution < -0.4 is 10.2 Å². The molecule has 1 atom stereocenters. The molecule has 0 spiro atoms. The van der Waals surface area contributed by atoms with E-state index in [1.165, 1.54) is 0 Å². The van der Waals surface area contributed by atoms with Gasteiger partial charge in [0, 0.05) is 43.3 Å². The molecule has 4 rings (SSSR count). The normalized spacial score (nSPS) is 19.0. The number of morpholine rings is 1. The molecular weight excluding hydrogens is 426 g/mol. The average Bonchev–Trinajstić information content (AvgIpc) is 2.85. The fourth-order valence-electron chi connectivity index (χ4n) is 4.47. The molecule has 2 aromatic carbocycles. The highest BCUT2D eigenvalue weighted by Crippen LogP contribution is 2.29. The second-order valence-corrected chi connectivity index (χ2v) is 8.73. The summed E-state index contributed by atoms with van der Waals surface area (Å²) < 4.78 is 5.44. The fourth-order valence-corrected chi connectivity index (χ4v) is 4.71. The predicted molar refractivity (Wildman–Crippen MR) is 127 cm³/mol. The number of rotatable bonds is 6. The molecule has 0 saturated carbocycles. The monoisotopic (exact) mass is 455 g/mol. The van der Waals surface area contributed by atoms with E-state index in [1.54, 1.807) is 12.1 Å². The molecule has 2 aliphatic rings. The van der Waals surface area contributed by atoms with Gasteiger partial charge in [-0.25, -0.2) is 0 Å². The molecule has 1 N–H and O–H groups in total. The molecule has 0 aliphatic carbocycles. The van der Waals surface area contributed by atoms with Crippen molar-refractivity contribution in [1.82, 2.24) is 10.2 Å². The number of amides is 2. The van der Waals surface area contributed by atoms with Gasteiger partial charge in [0.2, 0.25) is 0 Å². The van der Waals surface area contributed by atoms with E-state index in [4.69, 9.17) is 16.3 Å². The van der Waals surface area contributed by atoms with Gasteiger partial charge < -0.3 is 19.9 Å². The van der Waals surface area contributed by atoms with Crippen molar-refractivity contribution in [2.24, 2.45) is 0 Å². The Morgan fingerprint density at radius 2 is 1.78 bits per heavy atom. The number of nitrogens with zero attached hydrogens (tertiary/aromatic N) is 2. The van der Waals surface area contributed by atoms with Gasteiger partial charge in [-0.15, -0.1) is 0 Å². The topological polar surface area (TPSA) is 61.9 Å². The molecule has 2 aromatic rings. The van der Waals surface area contributed by atoms with Gasteiger partial charge in [0.1, 0.15) is 0 Å². The van der Waals surface area contributed by atoms with Crippen LogP contribution in [-0.2, 0) is 4.74 Å². The van der Waals surface area contributed by atoms with Gasteiger partial charge in [-0.3, -0.25) is 9.59 Å². The van der Waals surface area contributed by atoms with Crippen molar-refractivity contribution in [2.45, 2.75) is 31.7 Å². The van der Waals surface area contributed by atoms with Crippen molar-refractivity contribution >= 4 is 29.1 Å². The van der Waals surface area contributed by atoms with E-state index in [0.717, 1.165) is 51.0 Å². The summed E-state index contributed by atoms with van der Waals surface area (Å²) in [5.41, 5.74) is 2.21. The number of hydrogen-bond acceptors (Lipinski definition) is 4. The zero-order valence-corrected chi connectivity index (χ0v) is 19.0. The highest BCUT2D eigenvalue weighted by atomic mass is 35.5. The van der Waals surface area contributed by atoms with Crippen molar-refractivity contribution in [3.05, 3.63) is 64.7 Å². The molecular formula is C25H30ClN3O3. The van der Waals surface area contributed by atoms with Crippen molar-refractivity contribution in [3.63, 3.8) is 0 Å². The quantitative estimate of drug-likeness (QED) is 0.715. The maximum absolute atomic E-state index is 13.4. The molecule has 6 nitrogen and oxygen atoms in total. The van der Waals surface area contributed by atoms with Crippen LogP contribution >= 0.6 is 11.6 Å². The largest absolute Gasteiger partial charge is 0.378 e. The first kappa shape index (κ1) is 22.6. The van der Waals surface area contributed by atoms with Crippen molar-refractivity contribution in [2.75, 3.05) is 44.3 Å². The first-order valence-electron chi connectivity index (χ1n) is 11.4. The SMILES string of the molecule is O=C(NCC[C@H]1CCCCN1C(=O)c1ccc(Cl)c(N2CCOCC2)c1)c1ccccc1. The van der Waals surface area contributed by atoms with Crippen LogP contribution in [0.1, 0.15) is 46.4 Å². The van der Waals surface area contributed by atoms with Gasteiger partial charge in [-0.05, 0) is 56.0 Å². The second kappa shape index (κ2) is 10.8. The standard InChI is InChI=1S/C25H30ClN3O3/c26-22-10-9-20(18-23(22)28-14-16-32-17-15-28)25(31)29-13-5-4-8-21(29)11-12-27-24(30)19-6-2-1-3-7-19/h1-3,6-7,9-10,18,21H,4-5,8,11-17H2,(H,27,30)/t21-/m1/s1. The Morgan fingerprint density at radius 3 is 2.56 bits per heavy atom. The number of piperidine rings is 1. The Bertz CT molecular complexity index is 931. The molecule has 2 heterocycles. The number of ether oxygens (including phenoxy) is 1. The average molecular weight is 456 g/mol. The summed E-state index contributed by atoms with van der Waals surface area (Å²) in [4.78, 5) is 29.9. The summed E-state index contributed by atoms with van der Waals surface area (Å²) in [5, 5.41) is 3.65. The number of nitrogens with one attached hydrogen (secondary N) is 1. The summed E-state index contributed by atoms with van der Waals surface area (Å²) in [6.45, 7) is 4.15. The Morgan fingerprint density at radius 1 is 1.00 bits per heavy atom. The summed E-state index contributed by atoms with van der Waals surface area (Å²) in [6.07, 6.45) is 3.80. The number of benzene rings is 2. The molecule has 2 fully saturated rings. The number of anilines is 1. The molecule has 170 valence electrons. The maximum atomic E-state index is 13.4. The third kappa shape index (κ3) is 5.43. The van der Waals surface area contributed by atoms with Gasteiger partial charge in [0.15, 0.2) is 0 Å². The van der Waals surface area contributed by atoms with Crippen LogP contribution in [0.3, 0.4) is 0 Å². The minimum atomic E-state index is -0.0767. The van der Waals surface area contributed by atoms with Gasteiger partial charge in [0.05, 0.1) is 23.9 Å². The van der Waals surface area contributed by atoms with E-state index in [1.807, 2.05) is 41.3 Å². The Hall–Kier alpha value is -2.57. The van der Waals surface area contributed by atoms with E-state index in [2.05, 4.69) is 10.2 Å². The maximum Gasteiger partial charge on any atom is 0.254 e. The van der Waals surface area contributed by atoms with Crippen LogP contribution in [0, 0.1) is 0 Å². The lowest BCUT2D eigenvalue weighted by Crippen LogP contribution is -2.45. The van der Waals surface area contributed by atoms with E-state index in [9.17, 15) is 9.59 Å². The summed E-state index contributed by atoms with van der Waals surface area (Å²) in [7, 11) is 0. The number of likely N-dealkylation sites (tertiary alicyclic amines) is 1. The molecule has 0 aromatic heterocycles. The fraction of sp³-hybridized carbons (Fsp3) is 0.440. The van der Waals surface area contributed by atoms with Crippen molar-refractivity contribution in [1.29, 1.82) is 0 Å². The van der Waals surface area contributed by atoms with Gasteiger partial charge in [-0.2, -0.15) is 0 Å². The van der Waals surface area contributed by atoms with E-state index in [0.29, 0.717) is 35.9 Å². The van der Waals surface area contributed by atoms with E-state index < -0.39 is 0 Å². The van der Waals surface area contributed by atoms with Crippen LogP contribution in [-0.4, -0.2) is 62.1 Å². The smallest absolute Gasteiger partial charge is 0.254 e. The Balaban J connectivity index is 1.40. The zero-order chi connectivity index (χ0) is 22.3. The Labute approximate surface area is 194 Å². The van der Waals surface area contributed by atoms with Gasteiger partial charge in [-0.1, -0.05) is 29.8 Å². The van der Waals surface area contributed by atoms with Crippen molar-refractivity contribution < 1.29 is 14.3 Å². The van der Waals surface area contributed by atoms with Crippen LogP contribution in [0.15, 0.2) is 48.5 Å². The lowest BCUT2D eigenvalue weighted by molar-refractivity contribution is 0.0601. The number of carbonyl (C=O) groups excluding carboxylic acids is 2. The van der Waals surface area contributed by atoms with Gasteiger partial charge >= 0.3 is 0 Å². The number of hydrogen-bond donors (Lipinski definition) is 1. The van der Waals surface area contributed by atoms with Crippen LogP contribution in [0.4, 0.5) is 5.69 Å². The number of carbonyl (C=O) groups is 2. The third-order valence-corrected chi connectivity index (χ3v) is 6.55. The molecule has 2 aliphatic heterocycles. The van der Waals surface area contributed by atoms with Crippen molar-refractivity contribution in [3.8, 4) is 0 Å². The lowest BCUT2D eigenvalue weighted by atomic mass is 9.98. The minimum Gasteiger partial charge on any atom is -0.378 e. The molecule has 0 radical (unpaired) electrons. The zero-order valence-electron chi connectivity index (χ0n) is 18.3. The predicted octanol–water partition coefficient (Wildman–Crippen LogP) is 3.99. The highest BCUT2D eigenvalue weighted by molar-refractivity contribution is 6.33. The third-order valence-electron chi connectivity index (χ3n) is 6.23. The van der Waals surface area contributed by atoms with Gasteiger partial charge in [0.25, 0.3) is 11.8 Å². The van der Waals surface area contributed by atoms with Crippen LogP contribution in [0.5, 0.6) is 0 Å². The van der Waals surface area contributed by atoms with Crippen LogP contribution in [0.2, 0.25) is 5.02 Å². The second-order valence-electron chi connectivity index (χ2n) is 8.32. The molecule has 7 heteroatoms. The summed E-state index contributed by atoms with van der Waals surface area (Å²) in [6, 6.07) is 14.9. The number of halogens is 1. The van der Waals surface area contributed by atoms with E-state index >= 15 is 0 Å². The van der Waals surface area contributed by atoms with E-state index in [-0.39, 0.29) is 17.9 Å². The Kier molecular flexibility index (Phi) is 7.66. The highest BCUT2D eigenvalue weighted by Gasteiger charge is 2.28. The summed E-state index contributed by atoms with van der Waals surface area (Å²) in [5.74, 6) is -0.0394. The van der Waals surface area contributed by atoms with Crippen LogP contribution in [0.25, 0.3) is 0 Å². The first-order chi connectivity index (χ1) is 15.6. The molecule has 2 amide bonds. The molecule has 0 unspecified atom stereocenters. The lowest BCUT2D eigenvalue weighted by Gasteiger charge is -2.36. The molecule has 32 heavy (non-hydrogen) atoms.